The van der Waals surface area contributed by atoms with Crippen molar-refractivity contribution in [3.8, 4) is 22.1 Å². The van der Waals surface area contributed by atoms with E-state index >= 15 is 0 Å². The van der Waals surface area contributed by atoms with E-state index < -0.39 is 6.04 Å². The van der Waals surface area contributed by atoms with Crippen LogP contribution in [-0.2, 0) is 4.79 Å². The van der Waals surface area contributed by atoms with Crippen LogP contribution in [0.3, 0.4) is 0 Å². The lowest BCUT2D eigenvalue weighted by molar-refractivity contribution is -0.136. The lowest BCUT2D eigenvalue weighted by Crippen LogP contribution is -2.50. The number of amides is 1. The summed E-state index contributed by atoms with van der Waals surface area (Å²) in [6.07, 6.45) is 0. The van der Waals surface area contributed by atoms with E-state index in [-0.39, 0.29) is 11.9 Å². The van der Waals surface area contributed by atoms with Gasteiger partial charge in [-0.1, -0.05) is 41.6 Å². The van der Waals surface area contributed by atoms with Crippen LogP contribution >= 0.6 is 23.6 Å². The zero-order chi connectivity index (χ0) is 23.7. The summed E-state index contributed by atoms with van der Waals surface area (Å²) in [5.74, 6) is 1.89. The van der Waals surface area contributed by atoms with Gasteiger partial charge in [0.15, 0.2) is 10.6 Å². The number of aromatic nitrogens is 5. The highest BCUT2D eigenvalue weighted by atomic mass is 32.1. The van der Waals surface area contributed by atoms with Crippen LogP contribution in [0.2, 0.25) is 0 Å². The summed E-state index contributed by atoms with van der Waals surface area (Å²) in [7, 11) is 0. The Morgan fingerprint density at radius 1 is 1.12 bits per heavy atom. The number of rotatable bonds is 6. The summed E-state index contributed by atoms with van der Waals surface area (Å²) in [6, 6.07) is 13.2. The molecule has 1 N–H and O–H groups in total. The molecule has 1 fully saturated rings. The number of hydrogen-bond acceptors (Lipinski definition) is 8. The summed E-state index contributed by atoms with van der Waals surface area (Å²) >= 11 is 7.00. The molecule has 9 nitrogen and oxygen atoms in total. The second-order valence-corrected chi connectivity index (χ2v) is 9.57. The predicted molar refractivity (Wildman–Crippen MR) is 132 cm³/mol. The molecular weight excluding hydrogens is 470 g/mol. The Hall–Kier alpha value is -3.15. The van der Waals surface area contributed by atoms with Crippen molar-refractivity contribution in [2.24, 2.45) is 0 Å². The van der Waals surface area contributed by atoms with E-state index in [9.17, 15) is 4.79 Å². The maximum atomic E-state index is 13.3. The first-order valence-electron chi connectivity index (χ1n) is 11.2. The second kappa shape index (κ2) is 9.61. The minimum absolute atomic E-state index is 0.0340. The van der Waals surface area contributed by atoms with E-state index in [1.807, 2.05) is 64.2 Å². The predicted octanol–water partition coefficient (Wildman–Crippen LogP) is 4.19. The molecule has 0 saturated carbocycles. The van der Waals surface area contributed by atoms with Gasteiger partial charge in [0, 0.05) is 31.7 Å². The fourth-order valence-electron chi connectivity index (χ4n) is 4.21. The number of carbonyl (C=O) groups is 1. The lowest BCUT2D eigenvalue weighted by Gasteiger charge is -2.37. The third-order valence-corrected chi connectivity index (χ3v) is 7.35. The van der Waals surface area contributed by atoms with Crippen molar-refractivity contribution in [3.63, 3.8) is 0 Å². The van der Waals surface area contributed by atoms with Crippen molar-refractivity contribution in [3.05, 3.63) is 58.5 Å². The van der Waals surface area contributed by atoms with Crippen molar-refractivity contribution in [2.75, 3.05) is 26.2 Å². The Labute approximate surface area is 206 Å². The molecule has 0 aliphatic carbocycles. The largest absolute Gasteiger partial charge is 0.338 e. The highest BCUT2D eigenvalue weighted by Gasteiger charge is 2.31. The van der Waals surface area contributed by atoms with E-state index in [1.165, 1.54) is 0 Å². The first kappa shape index (κ1) is 22.6. The van der Waals surface area contributed by atoms with E-state index in [2.05, 4.69) is 32.2 Å². The number of thiophene rings is 1. The molecule has 2 atom stereocenters. The van der Waals surface area contributed by atoms with Gasteiger partial charge in [-0.25, -0.2) is 0 Å². The van der Waals surface area contributed by atoms with Gasteiger partial charge in [0.2, 0.25) is 17.6 Å². The monoisotopic (exact) mass is 495 g/mol. The van der Waals surface area contributed by atoms with Crippen molar-refractivity contribution < 1.29 is 9.32 Å². The second-order valence-electron chi connectivity index (χ2n) is 8.24. The molecular formula is C23H25N7O2S2. The van der Waals surface area contributed by atoms with Crippen molar-refractivity contribution >= 4 is 29.5 Å². The topological polar surface area (TPSA) is 96.1 Å². The molecule has 1 saturated heterocycles. The number of carbonyl (C=O) groups excluding carboxylic acids is 1. The Morgan fingerprint density at radius 3 is 2.59 bits per heavy atom. The van der Waals surface area contributed by atoms with Gasteiger partial charge < -0.3 is 9.42 Å². The molecule has 5 rings (SSSR count). The molecule has 4 heterocycles. The number of nitrogens with zero attached hydrogens (tertiary/aromatic N) is 6. The molecule has 0 radical (unpaired) electrons. The lowest BCUT2D eigenvalue weighted by atomic mass is 10.2. The standard InChI is InChI=1S/C23H25N7O2S2/c1-15(21-24-19(27-32-21)17-7-4-3-5-8-17)28-10-12-29(13-11-28)22(31)16(2)30-20(25-26-23(30)33)18-9-6-14-34-18/h3-9,14-16H,10-13H2,1-2H3,(H,26,33). The van der Waals surface area contributed by atoms with Crippen LogP contribution < -0.4 is 0 Å². The Balaban J connectivity index is 1.24. The summed E-state index contributed by atoms with van der Waals surface area (Å²) in [6.45, 7) is 6.61. The molecule has 1 amide bonds. The molecule has 34 heavy (non-hydrogen) atoms. The minimum Gasteiger partial charge on any atom is -0.338 e. The van der Waals surface area contributed by atoms with E-state index in [0.717, 1.165) is 23.5 Å². The van der Waals surface area contributed by atoms with Crippen LogP contribution in [0.25, 0.3) is 22.1 Å². The first-order valence-corrected chi connectivity index (χ1v) is 12.4. The average molecular weight is 496 g/mol. The van der Waals surface area contributed by atoms with Gasteiger partial charge in [-0.3, -0.25) is 19.4 Å². The SMILES string of the molecule is CC(c1nc(-c2ccccc2)no1)N1CCN(C(=O)C(C)n2c(-c3cccs3)n[nH]c2=S)CC1. The summed E-state index contributed by atoms with van der Waals surface area (Å²) < 4.78 is 7.80. The molecule has 4 aromatic rings. The van der Waals surface area contributed by atoms with Gasteiger partial charge in [0.05, 0.1) is 10.9 Å². The van der Waals surface area contributed by atoms with Crippen LogP contribution in [0.1, 0.15) is 31.8 Å². The van der Waals surface area contributed by atoms with Gasteiger partial charge in [-0.05, 0) is 37.5 Å². The van der Waals surface area contributed by atoms with E-state index in [1.54, 1.807) is 11.3 Å². The van der Waals surface area contributed by atoms with Gasteiger partial charge in [0.1, 0.15) is 6.04 Å². The van der Waals surface area contributed by atoms with Crippen molar-refractivity contribution in [1.29, 1.82) is 0 Å². The van der Waals surface area contributed by atoms with Gasteiger partial charge in [-0.15, -0.1) is 11.3 Å². The van der Waals surface area contributed by atoms with Crippen molar-refractivity contribution in [1.82, 2.24) is 34.7 Å². The van der Waals surface area contributed by atoms with Gasteiger partial charge in [0.25, 0.3) is 0 Å². The zero-order valence-corrected chi connectivity index (χ0v) is 20.6. The number of hydrogen-bond donors (Lipinski definition) is 1. The molecule has 1 aliphatic heterocycles. The summed E-state index contributed by atoms with van der Waals surface area (Å²) in [5.41, 5.74) is 0.925. The van der Waals surface area contributed by atoms with Gasteiger partial charge >= 0.3 is 0 Å². The van der Waals surface area contributed by atoms with Crippen LogP contribution in [0.15, 0.2) is 52.4 Å². The van der Waals surface area contributed by atoms with Crippen LogP contribution in [0.5, 0.6) is 0 Å². The third kappa shape index (κ3) is 4.33. The summed E-state index contributed by atoms with van der Waals surface area (Å²) in [4.78, 5) is 23.1. The van der Waals surface area contributed by atoms with Crippen LogP contribution in [-0.4, -0.2) is 66.8 Å². The number of nitrogens with one attached hydrogen (secondary N) is 1. The number of H-pyrrole nitrogens is 1. The zero-order valence-electron chi connectivity index (χ0n) is 18.9. The van der Waals surface area contributed by atoms with Crippen LogP contribution in [0, 0.1) is 4.77 Å². The molecule has 1 aliphatic rings. The van der Waals surface area contributed by atoms with Gasteiger partial charge in [-0.2, -0.15) is 10.1 Å². The molecule has 0 spiro atoms. The molecule has 11 heteroatoms. The fourth-order valence-corrected chi connectivity index (χ4v) is 5.21. The Kier molecular flexibility index (Phi) is 6.40. The number of piperazine rings is 1. The molecule has 2 unspecified atom stereocenters. The first-order chi connectivity index (χ1) is 16.5. The quantitative estimate of drug-likeness (QED) is 0.401. The highest BCUT2D eigenvalue weighted by molar-refractivity contribution is 7.71. The molecule has 0 bridgehead atoms. The van der Waals surface area contributed by atoms with E-state index in [4.69, 9.17) is 16.7 Å². The minimum atomic E-state index is -0.448. The number of benzene rings is 1. The van der Waals surface area contributed by atoms with Crippen molar-refractivity contribution in [2.45, 2.75) is 25.9 Å². The highest BCUT2D eigenvalue weighted by Crippen LogP contribution is 2.27. The van der Waals surface area contributed by atoms with E-state index in [0.29, 0.717) is 35.4 Å². The Bertz CT molecular complexity index is 1300. The maximum Gasteiger partial charge on any atom is 0.245 e. The average Bonchev–Trinajstić information content (AvgIpc) is 3.64. The number of aromatic amines is 1. The maximum absolute atomic E-state index is 13.3. The fraction of sp³-hybridized carbons (Fsp3) is 0.348. The third-order valence-electron chi connectivity index (χ3n) is 6.20. The molecule has 176 valence electrons. The molecule has 1 aromatic carbocycles. The molecule has 3 aromatic heterocycles. The normalized spacial score (nSPS) is 16.5. The Morgan fingerprint density at radius 2 is 1.88 bits per heavy atom. The van der Waals surface area contributed by atoms with Crippen LogP contribution in [0.4, 0.5) is 0 Å². The smallest absolute Gasteiger partial charge is 0.245 e. The summed E-state index contributed by atoms with van der Waals surface area (Å²) in [5, 5.41) is 13.3.